The van der Waals surface area contributed by atoms with Crippen molar-refractivity contribution in [1.29, 1.82) is 0 Å². The molecule has 1 aromatic carbocycles. The number of rotatable bonds is 6. The van der Waals surface area contributed by atoms with Crippen LogP contribution in [0.25, 0.3) is 22.5 Å². The van der Waals surface area contributed by atoms with Gasteiger partial charge in [0.15, 0.2) is 11.5 Å². The van der Waals surface area contributed by atoms with E-state index in [1.54, 1.807) is 28.9 Å². The molecule has 0 spiro atoms. The quantitative estimate of drug-likeness (QED) is 0.438. The van der Waals surface area contributed by atoms with E-state index in [1.807, 2.05) is 36.2 Å². The van der Waals surface area contributed by atoms with Crippen molar-refractivity contribution in [1.82, 2.24) is 33.8 Å². The first-order valence-electron chi connectivity index (χ1n) is 10.9. The van der Waals surface area contributed by atoms with Crippen LogP contribution in [-0.2, 0) is 17.1 Å². The third kappa shape index (κ3) is 4.09. The molecule has 0 aliphatic carbocycles. The molecule has 4 heterocycles. The fraction of sp³-hybridized carbons (Fsp3) is 0.261. The Balaban J connectivity index is 1.58. The van der Waals surface area contributed by atoms with Crippen molar-refractivity contribution in [3.8, 4) is 11.3 Å². The summed E-state index contributed by atoms with van der Waals surface area (Å²) < 4.78 is 29.8. The van der Waals surface area contributed by atoms with Gasteiger partial charge in [0.2, 0.25) is 10.0 Å². The predicted octanol–water partition coefficient (Wildman–Crippen LogP) is 2.50. The molecule has 0 saturated carbocycles. The van der Waals surface area contributed by atoms with Crippen LogP contribution in [0.15, 0.2) is 60.0 Å². The first-order valence-corrected chi connectivity index (χ1v) is 12.3. The summed E-state index contributed by atoms with van der Waals surface area (Å²) >= 11 is 0. The number of sulfonamides is 1. The Kier molecular flexibility index (Phi) is 5.68. The van der Waals surface area contributed by atoms with Gasteiger partial charge in [0.05, 0.1) is 28.7 Å². The second-order valence-electron chi connectivity index (χ2n) is 8.35. The van der Waals surface area contributed by atoms with Crippen LogP contribution in [0.3, 0.4) is 0 Å². The van der Waals surface area contributed by atoms with Crippen LogP contribution in [0.1, 0.15) is 12.1 Å². The predicted molar refractivity (Wildman–Crippen MR) is 131 cm³/mol. The van der Waals surface area contributed by atoms with Crippen molar-refractivity contribution in [2.24, 2.45) is 7.05 Å². The molecular formula is C23H26N8O2S. The highest BCUT2D eigenvalue weighted by molar-refractivity contribution is 7.89. The molecule has 10 nitrogen and oxygen atoms in total. The van der Waals surface area contributed by atoms with Gasteiger partial charge in [-0.05, 0) is 42.8 Å². The molecule has 0 fully saturated rings. The maximum atomic E-state index is 12.4. The molecule has 2 N–H and O–H groups in total. The van der Waals surface area contributed by atoms with Gasteiger partial charge in [-0.15, -0.1) is 0 Å². The van der Waals surface area contributed by atoms with Crippen LogP contribution in [0, 0.1) is 0 Å². The molecule has 0 saturated heterocycles. The SMILES string of the molecule is CN(C)S(=O)(=O)c1ccc(Nc2nc(C3=CCCNC3)cn3c(-c4cnn(C)c4)cnc23)cc1. The summed E-state index contributed by atoms with van der Waals surface area (Å²) in [5.41, 5.74) is 5.20. The number of anilines is 2. The first-order chi connectivity index (χ1) is 16.3. The standard InChI is InChI=1S/C23H26N8O2S/c1-29(2)34(32,33)19-8-6-18(7-9-19)27-22-23-25-13-21(17-12-26-30(3)14-17)31(23)15-20(28-22)16-5-4-10-24-11-16/h5-9,12-15,24H,4,10-11H2,1-3H3,(H,27,28). The van der Waals surface area contributed by atoms with E-state index in [2.05, 4.69) is 26.8 Å². The highest BCUT2D eigenvalue weighted by Gasteiger charge is 2.19. The largest absolute Gasteiger partial charge is 0.337 e. The van der Waals surface area contributed by atoms with Crippen LogP contribution in [-0.4, -0.2) is 64.1 Å². The molecule has 1 aliphatic heterocycles. The Labute approximate surface area is 198 Å². The summed E-state index contributed by atoms with van der Waals surface area (Å²) in [6.45, 7) is 1.69. The smallest absolute Gasteiger partial charge is 0.242 e. The number of fused-ring (bicyclic) bond motifs is 1. The number of hydrogen-bond acceptors (Lipinski definition) is 7. The minimum Gasteiger partial charge on any atom is -0.337 e. The van der Waals surface area contributed by atoms with E-state index in [0.29, 0.717) is 17.2 Å². The van der Waals surface area contributed by atoms with E-state index in [1.165, 1.54) is 18.4 Å². The van der Waals surface area contributed by atoms with Crippen LogP contribution in [0.4, 0.5) is 11.5 Å². The maximum Gasteiger partial charge on any atom is 0.242 e. The van der Waals surface area contributed by atoms with E-state index in [0.717, 1.165) is 42.0 Å². The zero-order valence-electron chi connectivity index (χ0n) is 19.2. The zero-order valence-corrected chi connectivity index (χ0v) is 20.0. The molecule has 4 aromatic rings. The van der Waals surface area contributed by atoms with Crippen LogP contribution >= 0.6 is 0 Å². The molecule has 0 atom stereocenters. The number of imidazole rings is 1. The summed E-state index contributed by atoms with van der Waals surface area (Å²) in [7, 11) is 1.41. The second-order valence-corrected chi connectivity index (χ2v) is 10.5. The number of nitrogens with one attached hydrogen (secondary N) is 2. The third-order valence-corrected chi connectivity index (χ3v) is 7.57. The van der Waals surface area contributed by atoms with Gasteiger partial charge in [-0.25, -0.2) is 22.7 Å². The molecule has 0 radical (unpaired) electrons. The molecule has 5 rings (SSSR count). The normalized spacial score (nSPS) is 14.5. The van der Waals surface area contributed by atoms with Gasteiger partial charge in [-0.3, -0.25) is 9.08 Å². The molecule has 34 heavy (non-hydrogen) atoms. The molecule has 0 unspecified atom stereocenters. The molecule has 0 amide bonds. The summed E-state index contributed by atoms with van der Waals surface area (Å²) in [4.78, 5) is 9.74. The van der Waals surface area contributed by atoms with E-state index in [4.69, 9.17) is 4.98 Å². The Bertz CT molecular complexity index is 1480. The Morgan fingerprint density at radius 2 is 1.91 bits per heavy atom. The maximum absolute atomic E-state index is 12.4. The Morgan fingerprint density at radius 1 is 1.12 bits per heavy atom. The van der Waals surface area contributed by atoms with Crippen molar-refractivity contribution in [3.05, 3.63) is 60.8 Å². The number of nitrogens with zero attached hydrogens (tertiary/aromatic N) is 6. The van der Waals surface area contributed by atoms with Gasteiger partial charge in [0.25, 0.3) is 0 Å². The Hall–Kier alpha value is -3.54. The minimum absolute atomic E-state index is 0.230. The molecule has 0 bridgehead atoms. The van der Waals surface area contributed by atoms with E-state index < -0.39 is 10.0 Å². The number of hydrogen-bond donors (Lipinski definition) is 2. The summed E-state index contributed by atoms with van der Waals surface area (Å²) in [5, 5.41) is 11.0. The number of benzene rings is 1. The van der Waals surface area contributed by atoms with Gasteiger partial charge >= 0.3 is 0 Å². The van der Waals surface area contributed by atoms with Gasteiger partial charge < -0.3 is 10.6 Å². The number of aromatic nitrogens is 5. The lowest BCUT2D eigenvalue weighted by molar-refractivity contribution is 0.521. The number of aryl methyl sites for hydroxylation is 1. The van der Waals surface area contributed by atoms with E-state index in [-0.39, 0.29) is 4.90 Å². The summed E-state index contributed by atoms with van der Waals surface area (Å²) in [6.07, 6.45) is 10.7. The van der Waals surface area contributed by atoms with Crippen LogP contribution in [0.2, 0.25) is 0 Å². The fourth-order valence-corrected chi connectivity index (χ4v) is 4.79. The van der Waals surface area contributed by atoms with Crippen molar-refractivity contribution < 1.29 is 8.42 Å². The minimum atomic E-state index is -3.50. The van der Waals surface area contributed by atoms with Gasteiger partial charge in [-0.2, -0.15) is 5.10 Å². The van der Waals surface area contributed by atoms with Gasteiger partial charge in [-0.1, -0.05) is 6.08 Å². The molecule has 176 valence electrons. The highest BCUT2D eigenvalue weighted by Crippen LogP contribution is 2.28. The average Bonchev–Trinajstić information content (AvgIpc) is 3.46. The molecule has 3 aromatic heterocycles. The highest BCUT2D eigenvalue weighted by atomic mass is 32.2. The van der Waals surface area contributed by atoms with Gasteiger partial charge in [0.1, 0.15) is 0 Å². The van der Waals surface area contributed by atoms with Crippen LogP contribution < -0.4 is 10.6 Å². The second kappa shape index (κ2) is 8.67. The topological polar surface area (TPSA) is 109 Å². The molecule has 11 heteroatoms. The molecule has 1 aliphatic rings. The monoisotopic (exact) mass is 478 g/mol. The van der Waals surface area contributed by atoms with Crippen LogP contribution in [0.5, 0.6) is 0 Å². The third-order valence-electron chi connectivity index (χ3n) is 5.74. The van der Waals surface area contributed by atoms with E-state index >= 15 is 0 Å². The van der Waals surface area contributed by atoms with Gasteiger partial charge in [0, 0.05) is 51.3 Å². The first kappa shape index (κ1) is 22.3. The average molecular weight is 479 g/mol. The summed E-state index contributed by atoms with van der Waals surface area (Å²) in [5.74, 6) is 0.585. The van der Waals surface area contributed by atoms with E-state index in [9.17, 15) is 8.42 Å². The van der Waals surface area contributed by atoms with Crippen molar-refractivity contribution in [2.75, 3.05) is 32.5 Å². The lowest BCUT2D eigenvalue weighted by Crippen LogP contribution is -2.22. The Morgan fingerprint density at radius 3 is 2.56 bits per heavy atom. The van der Waals surface area contributed by atoms with Crippen molar-refractivity contribution >= 4 is 32.7 Å². The lowest BCUT2D eigenvalue weighted by Gasteiger charge is -2.16. The lowest BCUT2D eigenvalue weighted by atomic mass is 10.1. The fourth-order valence-electron chi connectivity index (χ4n) is 3.89. The summed E-state index contributed by atoms with van der Waals surface area (Å²) in [6, 6.07) is 6.62. The van der Waals surface area contributed by atoms with Crippen molar-refractivity contribution in [3.63, 3.8) is 0 Å². The van der Waals surface area contributed by atoms with Crippen molar-refractivity contribution in [2.45, 2.75) is 11.3 Å². The zero-order chi connectivity index (χ0) is 23.9. The molecular weight excluding hydrogens is 452 g/mol.